The molecule has 2 amide bonds. The zero-order chi connectivity index (χ0) is 20.8. The van der Waals surface area contributed by atoms with Gasteiger partial charge in [0, 0.05) is 11.4 Å². The Hall–Kier alpha value is -3.98. The highest BCUT2D eigenvalue weighted by Crippen LogP contribution is 2.18. The fraction of sp³-hybridized carbons (Fsp3) is 0.130. The van der Waals surface area contributed by atoms with Crippen LogP contribution in [0.25, 0.3) is 0 Å². The molecule has 0 saturated heterocycles. The fourth-order valence-electron chi connectivity index (χ4n) is 2.66. The molecule has 0 aliphatic heterocycles. The second-order valence-electron chi connectivity index (χ2n) is 6.78. The first-order valence-corrected chi connectivity index (χ1v) is 9.16. The molecule has 3 rings (SSSR count). The number of amides is 2. The molecule has 29 heavy (non-hydrogen) atoms. The van der Waals surface area contributed by atoms with Crippen LogP contribution in [0.15, 0.2) is 66.7 Å². The lowest BCUT2D eigenvalue weighted by molar-refractivity contribution is 0.101. The van der Waals surface area contributed by atoms with Crippen LogP contribution >= 0.6 is 0 Å². The van der Waals surface area contributed by atoms with E-state index < -0.39 is 11.8 Å². The van der Waals surface area contributed by atoms with Crippen LogP contribution < -0.4 is 10.6 Å². The smallest absolute Gasteiger partial charge is 0.274 e. The molecule has 0 spiro atoms. The van der Waals surface area contributed by atoms with Crippen molar-refractivity contribution in [3.05, 3.63) is 89.2 Å². The van der Waals surface area contributed by atoms with E-state index in [2.05, 4.69) is 29.5 Å². The molecule has 2 N–H and O–H groups in total. The molecule has 0 aliphatic carbocycles. The number of pyridine rings is 1. The second-order valence-corrected chi connectivity index (χ2v) is 6.78. The number of rotatable bonds is 5. The van der Waals surface area contributed by atoms with Gasteiger partial charge in [0.05, 0.1) is 11.6 Å². The molecule has 6 nitrogen and oxygen atoms in total. The van der Waals surface area contributed by atoms with Crippen LogP contribution in [0.3, 0.4) is 0 Å². The highest BCUT2D eigenvalue weighted by atomic mass is 16.2. The molecule has 0 atom stereocenters. The van der Waals surface area contributed by atoms with E-state index in [4.69, 9.17) is 5.26 Å². The third-order valence-corrected chi connectivity index (χ3v) is 4.32. The van der Waals surface area contributed by atoms with Gasteiger partial charge in [0.2, 0.25) is 0 Å². The van der Waals surface area contributed by atoms with Gasteiger partial charge in [-0.1, -0.05) is 32.0 Å². The minimum Gasteiger partial charge on any atom is -0.321 e. The SMILES string of the molecule is CC(C)c1ccc(NC(=O)c2cccc(C(=O)Nc3ccc(C#N)cc3)n2)cc1. The van der Waals surface area contributed by atoms with Crippen LogP contribution in [0.5, 0.6) is 0 Å². The zero-order valence-electron chi connectivity index (χ0n) is 16.1. The maximum Gasteiger partial charge on any atom is 0.274 e. The molecule has 0 saturated carbocycles. The van der Waals surface area contributed by atoms with Crippen LogP contribution in [0.1, 0.15) is 51.9 Å². The molecular formula is C23H20N4O2. The number of hydrogen-bond acceptors (Lipinski definition) is 4. The summed E-state index contributed by atoms with van der Waals surface area (Å²) >= 11 is 0. The Balaban J connectivity index is 1.69. The van der Waals surface area contributed by atoms with Crippen molar-refractivity contribution in [2.75, 3.05) is 10.6 Å². The van der Waals surface area contributed by atoms with Gasteiger partial charge in [0.15, 0.2) is 0 Å². The average molecular weight is 384 g/mol. The summed E-state index contributed by atoms with van der Waals surface area (Å²) in [5, 5.41) is 14.3. The van der Waals surface area contributed by atoms with Gasteiger partial charge in [-0.3, -0.25) is 9.59 Å². The summed E-state index contributed by atoms with van der Waals surface area (Å²) in [5.41, 5.74) is 3.15. The molecule has 0 fully saturated rings. The first kappa shape index (κ1) is 19.8. The van der Waals surface area contributed by atoms with Crippen molar-refractivity contribution in [2.24, 2.45) is 0 Å². The molecule has 0 radical (unpaired) electrons. The van der Waals surface area contributed by atoms with Crippen molar-refractivity contribution in [3.63, 3.8) is 0 Å². The number of benzene rings is 2. The normalized spacial score (nSPS) is 10.3. The Labute approximate surface area is 169 Å². The van der Waals surface area contributed by atoms with Crippen LogP contribution in [0, 0.1) is 11.3 Å². The lowest BCUT2D eigenvalue weighted by Gasteiger charge is -2.09. The molecule has 1 aromatic heterocycles. The number of carbonyl (C=O) groups is 2. The summed E-state index contributed by atoms with van der Waals surface area (Å²) in [6.07, 6.45) is 0. The second kappa shape index (κ2) is 8.81. The van der Waals surface area contributed by atoms with Gasteiger partial charge in [0.1, 0.15) is 11.4 Å². The summed E-state index contributed by atoms with van der Waals surface area (Å²) in [6, 6.07) is 20.8. The number of anilines is 2. The van der Waals surface area contributed by atoms with Crippen molar-refractivity contribution in [1.29, 1.82) is 5.26 Å². The Morgan fingerprint density at radius 3 is 1.76 bits per heavy atom. The number of nitriles is 1. The summed E-state index contributed by atoms with van der Waals surface area (Å²) in [7, 11) is 0. The van der Waals surface area contributed by atoms with Crippen molar-refractivity contribution >= 4 is 23.2 Å². The quantitative estimate of drug-likeness (QED) is 0.673. The van der Waals surface area contributed by atoms with Gasteiger partial charge in [-0.05, 0) is 60.0 Å². The van der Waals surface area contributed by atoms with Crippen molar-refractivity contribution in [1.82, 2.24) is 4.98 Å². The fourth-order valence-corrected chi connectivity index (χ4v) is 2.66. The first-order chi connectivity index (χ1) is 14.0. The highest BCUT2D eigenvalue weighted by molar-refractivity contribution is 6.06. The molecular weight excluding hydrogens is 364 g/mol. The number of aromatic nitrogens is 1. The Kier molecular flexibility index (Phi) is 6.00. The maximum atomic E-state index is 12.5. The molecule has 0 unspecified atom stereocenters. The van der Waals surface area contributed by atoms with E-state index in [-0.39, 0.29) is 11.4 Å². The van der Waals surface area contributed by atoms with Crippen molar-refractivity contribution in [3.8, 4) is 6.07 Å². The highest BCUT2D eigenvalue weighted by Gasteiger charge is 2.13. The Morgan fingerprint density at radius 1 is 0.828 bits per heavy atom. The van der Waals surface area contributed by atoms with Crippen LogP contribution in [0.2, 0.25) is 0 Å². The standard InChI is InChI=1S/C23H20N4O2/c1-15(2)17-8-12-19(13-9-17)26-23(29)21-5-3-4-20(27-21)22(28)25-18-10-6-16(14-24)7-11-18/h3-13,15H,1-2H3,(H,25,28)(H,26,29). The largest absolute Gasteiger partial charge is 0.321 e. The minimum atomic E-state index is -0.439. The van der Waals surface area contributed by atoms with E-state index in [1.165, 1.54) is 11.6 Å². The van der Waals surface area contributed by atoms with Crippen LogP contribution in [0.4, 0.5) is 11.4 Å². The average Bonchev–Trinajstić information content (AvgIpc) is 2.74. The number of nitrogens with zero attached hydrogens (tertiary/aromatic N) is 2. The number of nitrogens with one attached hydrogen (secondary N) is 2. The van der Waals surface area contributed by atoms with Gasteiger partial charge >= 0.3 is 0 Å². The lowest BCUT2D eigenvalue weighted by atomic mass is 10.0. The maximum absolute atomic E-state index is 12.5. The van der Waals surface area contributed by atoms with E-state index in [1.54, 1.807) is 36.4 Å². The summed E-state index contributed by atoms with van der Waals surface area (Å²) < 4.78 is 0. The monoisotopic (exact) mass is 384 g/mol. The lowest BCUT2D eigenvalue weighted by Crippen LogP contribution is -2.18. The van der Waals surface area contributed by atoms with Crippen LogP contribution in [-0.4, -0.2) is 16.8 Å². The summed E-state index contributed by atoms with van der Waals surface area (Å²) in [6.45, 7) is 4.21. The van der Waals surface area contributed by atoms with E-state index in [1.807, 2.05) is 30.3 Å². The molecule has 0 bridgehead atoms. The summed E-state index contributed by atoms with van der Waals surface area (Å²) in [5.74, 6) is -0.423. The molecule has 3 aromatic rings. The van der Waals surface area contributed by atoms with Crippen molar-refractivity contribution in [2.45, 2.75) is 19.8 Å². The predicted molar refractivity (Wildman–Crippen MR) is 112 cm³/mol. The van der Waals surface area contributed by atoms with Gasteiger partial charge < -0.3 is 10.6 Å². The van der Waals surface area contributed by atoms with E-state index >= 15 is 0 Å². The zero-order valence-corrected chi connectivity index (χ0v) is 16.1. The van der Waals surface area contributed by atoms with Crippen molar-refractivity contribution < 1.29 is 9.59 Å². The van der Waals surface area contributed by atoms with Gasteiger partial charge in [-0.25, -0.2) is 4.98 Å². The van der Waals surface area contributed by atoms with Gasteiger partial charge in [-0.2, -0.15) is 5.26 Å². The third-order valence-electron chi connectivity index (χ3n) is 4.32. The topological polar surface area (TPSA) is 94.9 Å². The molecule has 144 valence electrons. The molecule has 2 aromatic carbocycles. The number of carbonyl (C=O) groups excluding carboxylic acids is 2. The van der Waals surface area contributed by atoms with Gasteiger partial charge in [0.25, 0.3) is 11.8 Å². The number of hydrogen-bond donors (Lipinski definition) is 2. The first-order valence-electron chi connectivity index (χ1n) is 9.16. The Bertz CT molecular complexity index is 1070. The molecule has 6 heteroatoms. The third kappa shape index (κ3) is 5.05. The van der Waals surface area contributed by atoms with E-state index in [0.29, 0.717) is 22.9 Å². The molecule has 0 aliphatic rings. The molecule has 1 heterocycles. The van der Waals surface area contributed by atoms with Crippen LogP contribution in [-0.2, 0) is 0 Å². The predicted octanol–water partition coefficient (Wildman–Crippen LogP) is 4.58. The minimum absolute atomic E-state index is 0.122. The summed E-state index contributed by atoms with van der Waals surface area (Å²) in [4.78, 5) is 29.1. The van der Waals surface area contributed by atoms with E-state index in [9.17, 15) is 9.59 Å². The van der Waals surface area contributed by atoms with E-state index in [0.717, 1.165) is 0 Å². The van der Waals surface area contributed by atoms with Gasteiger partial charge in [-0.15, -0.1) is 0 Å². The Morgan fingerprint density at radius 2 is 1.31 bits per heavy atom.